The van der Waals surface area contributed by atoms with Gasteiger partial charge in [-0.2, -0.15) is 10.1 Å². The van der Waals surface area contributed by atoms with E-state index in [1.807, 2.05) is 30.3 Å². The fourth-order valence-corrected chi connectivity index (χ4v) is 1.17. The lowest BCUT2D eigenvalue weighted by molar-refractivity contribution is 0.942. The van der Waals surface area contributed by atoms with Gasteiger partial charge in [-0.05, 0) is 22.9 Å². The minimum absolute atomic E-state index is 0.540. The standard InChI is InChI=1S/C9H8N5/c10-13-14(9-6-7-11-12-9)8-4-2-1-3-5-8/h1-7H,(H,11,12). The van der Waals surface area contributed by atoms with Gasteiger partial charge in [0.25, 0.3) is 0 Å². The lowest BCUT2D eigenvalue weighted by Gasteiger charge is -2.12. The highest BCUT2D eigenvalue weighted by atomic mass is 15.5. The van der Waals surface area contributed by atoms with Gasteiger partial charge >= 0.3 is 0 Å². The number of nitrogens with one attached hydrogen (secondary N) is 1. The topological polar surface area (TPSA) is 66.6 Å². The number of anilines is 2. The highest BCUT2D eigenvalue weighted by molar-refractivity contribution is 5.57. The summed E-state index contributed by atoms with van der Waals surface area (Å²) in [6.45, 7) is 0. The van der Waals surface area contributed by atoms with Gasteiger partial charge in [0.2, 0.25) is 0 Å². The molecular formula is C9H8N5. The van der Waals surface area contributed by atoms with Crippen molar-refractivity contribution in [3.8, 4) is 0 Å². The van der Waals surface area contributed by atoms with Gasteiger partial charge in [-0.25, -0.2) is 0 Å². The van der Waals surface area contributed by atoms with E-state index in [2.05, 4.69) is 15.4 Å². The van der Waals surface area contributed by atoms with Crippen molar-refractivity contribution in [2.24, 2.45) is 5.22 Å². The quantitative estimate of drug-likeness (QED) is 0.585. The Labute approximate surface area is 80.9 Å². The predicted octanol–water partition coefficient (Wildman–Crippen LogP) is 1.72. The molecule has 0 unspecified atom stereocenters. The predicted molar refractivity (Wildman–Crippen MR) is 51.7 cm³/mol. The Morgan fingerprint density at radius 2 is 2.00 bits per heavy atom. The largest absolute Gasteiger partial charge is 0.284 e. The number of aromatic nitrogens is 2. The van der Waals surface area contributed by atoms with Crippen molar-refractivity contribution in [1.29, 1.82) is 0 Å². The summed E-state index contributed by atoms with van der Waals surface area (Å²) in [5.74, 6) is 0.540. The maximum atomic E-state index is 8.85. The van der Waals surface area contributed by atoms with E-state index in [9.17, 15) is 0 Å². The molecule has 0 bridgehead atoms. The number of rotatable bonds is 3. The molecule has 0 fully saturated rings. The van der Waals surface area contributed by atoms with E-state index in [1.54, 1.807) is 12.3 Å². The zero-order valence-electron chi connectivity index (χ0n) is 7.33. The molecule has 1 aromatic heterocycles. The summed E-state index contributed by atoms with van der Waals surface area (Å²) in [6, 6.07) is 11.0. The number of hydrogen-bond acceptors (Lipinski definition) is 2. The number of H-pyrrole nitrogens is 1. The van der Waals surface area contributed by atoms with Crippen LogP contribution in [0.15, 0.2) is 47.8 Å². The number of nitrogens with zero attached hydrogens (tertiary/aromatic N) is 4. The zero-order chi connectivity index (χ0) is 9.80. The average molecular weight is 186 g/mol. The summed E-state index contributed by atoms with van der Waals surface area (Å²) in [5.41, 5.74) is 9.60. The number of hydrogen-bond donors (Lipinski definition) is 1. The third-order valence-electron chi connectivity index (χ3n) is 1.79. The van der Waals surface area contributed by atoms with E-state index in [0.29, 0.717) is 5.82 Å². The van der Waals surface area contributed by atoms with E-state index >= 15 is 0 Å². The van der Waals surface area contributed by atoms with Crippen LogP contribution in [0.4, 0.5) is 11.5 Å². The lowest BCUT2D eigenvalue weighted by Crippen LogP contribution is -2.08. The maximum absolute atomic E-state index is 8.85. The molecule has 0 amide bonds. The van der Waals surface area contributed by atoms with Crippen LogP contribution in [0.5, 0.6) is 0 Å². The molecule has 69 valence electrons. The third-order valence-corrected chi connectivity index (χ3v) is 1.79. The van der Waals surface area contributed by atoms with Gasteiger partial charge in [0.1, 0.15) is 0 Å². The average Bonchev–Trinajstić information content (AvgIpc) is 2.74. The lowest BCUT2D eigenvalue weighted by atomic mass is 10.3. The highest BCUT2D eigenvalue weighted by Crippen LogP contribution is 2.22. The monoisotopic (exact) mass is 186 g/mol. The Bertz CT molecular complexity index is 394. The maximum Gasteiger partial charge on any atom is 0.177 e. The van der Waals surface area contributed by atoms with Crippen molar-refractivity contribution in [1.82, 2.24) is 15.7 Å². The van der Waals surface area contributed by atoms with Crippen LogP contribution < -0.4 is 10.5 Å². The van der Waals surface area contributed by atoms with Crippen molar-refractivity contribution in [3.63, 3.8) is 0 Å². The van der Waals surface area contributed by atoms with Crippen LogP contribution in [0.1, 0.15) is 0 Å². The number of aromatic amines is 1. The second kappa shape index (κ2) is 3.69. The Morgan fingerprint density at radius 1 is 1.21 bits per heavy atom. The van der Waals surface area contributed by atoms with Crippen LogP contribution >= 0.6 is 0 Å². The second-order valence-electron chi connectivity index (χ2n) is 2.67. The fourth-order valence-electron chi connectivity index (χ4n) is 1.17. The van der Waals surface area contributed by atoms with Crippen LogP contribution in [-0.4, -0.2) is 10.2 Å². The molecule has 0 atom stereocenters. The first-order valence-electron chi connectivity index (χ1n) is 4.12. The molecular weight excluding hydrogens is 178 g/mol. The van der Waals surface area contributed by atoms with Gasteiger partial charge < -0.3 is 0 Å². The second-order valence-corrected chi connectivity index (χ2v) is 2.67. The summed E-state index contributed by atoms with van der Waals surface area (Å²) in [6.07, 6.45) is 1.66. The summed E-state index contributed by atoms with van der Waals surface area (Å²) < 4.78 is 0. The molecule has 0 saturated carbocycles. The van der Waals surface area contributed by atoms with Crippen molar-refractivity contribution in [2.75, 3.05) is 5.01 Å². The number of para-hydroxylation sites is 1. The summed E-state index contributed by atoms with van der Waals surface area (Å²) >= 11 is 0. The van der Waals surface area contributed by atoms with Crippen LogP contribution in [0.3, 0.4) is 0 Å². The van der Waals surface area contributed by atoms with Gasteiger partial charge in [-0.3, -0.25) is 5.10 Å². The molecule has 1 heterocycles. The molecule has 1 aromatic carbocycles. The van der Waals surface area contributed by atoms with Gasteiger partial charge in [0, 0.05) is 12.3 Å². The molecule has 1 N–H and O–H groups in total. The molecule has 5 heteroatoms. The molecule has 14 heavy (non-hydrogen) atoms. The molecule has 2 aromatic rings. The smallest absolute Gasteiger partial charge is 0.177 e. The van der Waals surface area contributed by atoms with E-state index in [-0.39, 0.29) is 0 Å². The molecule has 0 saturated heterocycles. The molecule has 2 rings (SSSR count). The van der Waals surface area contributed by atoms with Gasteiger partial charge in [-0.15, -0.1) is 0 Å². The first kappa shape index (κ1) is 8.43. The minimum atomic E-state index is 0.540. The number of benzene rings is 1. The van der Waals surface area contributed by atoms with Crippen LogP contribution in [-0.2, 0) is 0 Å². The van der Waals surface area contributed by atoms with E-state index in [4.69, 9.17) is 5.53 Å². The van der Waals surface area contributed by atoms with Gasteiger partial charge in [0.15, 0.2) is 5.82 Å². The fraction of sp³-hybridized carbons (Fsp3) is 0. The van der Waals surface area contributed by atoms with Gasteiger partial charge in [-0.1, -0.05) is 18.2 Å². The molecule has 0 aliphatic rings. The molecule has 5 nitrogen and oxygen atoms in total. The summed E-state index contributed by atoms with van der Waals surface area (Å²) in [5, 5.41) is 11.0. The summed E-state index contributed by atoms with van der Waals surface area (Å²) in [7, 11) is 0. The van der Waals surface area contributed by atoms with Crippen LogP contribution in [0.25, 0.3) is 0 Å². The normalized spacial score (nSPS) is 9.71. The van der Waals surface area contributed by atoms with Crippen LogP contribution in [0.2, 0.25) is 0 Å². The van der Waals surface area contributed by atoms with Crippen molar-refractivity contribution < 1.29 is 0 Å². The van der Waals surface area contributed by atoms with E-state index in [1.165, 1.54) is 5.01 Å². The van der Waals surface area contributed by atoms with Crippen molar-refractivity contribution in [3.05, 3.63) is 42.6 Å². The molecule has 0 aliphatic carbocycles. The third kappa shape index (κ3) is 1.47. The highest BCUT2D eigenvalue weighted by Gasteiger charge is 2.08. The Morgan fingerprint density at radius 3 is 2.57 bits per heavy atom. The van der Waals surface area contributed by atoms with E-state index < -0.39 is 0 Å². The van der Waals surface area contributed by atoms with E-state index in [0.717, 1.165) is 5.69 Å². The molecule has 0 spiro atoms. The first-order valence-corrected chi connectivity index (χ1v) is 4.12. The Kier molecular flexibility index (Phi) is 2.22. The molecule has 0 aliphatic heterocycles. The molecule has 1 radical (unpaired) electrons. The van der Waals surface area contributed by atoms with Gasteiger partial charge in [0.05, 0.1) is 5.69 Å². The summed E-state index contributed by atoms with van der Waals surface area (Å²) in [4.78, 5) is 0. The van der Waals surface area contributed by atoms with Crippen molar-refractivity contribution in [2.45, 2.75) is 0 Å². The SMILES string of the molecule is [N]=NN(c1ccccc1)c1cc[nH]n1. The minimum Gasteiger partial charge on any atom is -0.284 e. The van der Waals surface area contributed by atoms with Crippen molar-refractivity contribution >= 4 is 11.5 Å². The first-order chi connectivity index (χ1) is 6.92. The Balaban J connectivity index is 2.36. The zero-order valence-corrected chi connectivity index (χ0v) is 7.33. The Hall–Kier alpha value is -2.17. The van der Waals surface area contributed by atoms with Crippen LogP contribution in [0, 0.1) is 0 Å².